The van der Waals surface area contributed by atoms with Gasteiger partial charge < -0.3 is 15.0 Å². The second-order valence-electron chi connectivity index (χ2n) is 5.02. The number of nitrogens with one attached hydrogen (secondary N) is 2. The second-order valence-corrected chi connectivity index (χ2v) is 6.86. The van der Waals surface area contributed by atoms with Gasteiger partial charge in [-0.15, -0.1) is 11.3 Å². The van der Waals surface area contributed by atoms with Gasteiger partial charge in [-0.2, -0.15) is 0 Å². The Kier molecular flexibility index (Phi) is 4.23. The Morgan fingerprint density at radius 2 is 2.43 bits per heavy atom. The van der Waals surface area contributed by atoms with E-state index in [0.29, 0.717) is 13.2 Å². The molecule has 3 rings (SSSR count). The summed E-state index contributed by atoms with van der Waals surface area (Å²) in [6.07, 6.45) is 0.745. The topological polar surface area (TPSA) is 71.2 Å². The number of rotatable bonds is 4. The van der Waals surface area contributed by atoms with E-state index < -0.39 is 0 Å². The number of ether oxygens (including phenoxy) is 1. The van der Waals surface area contributed by atoms with Crippen LogP contribution in [0.3, 0.4) is 0 Å². The van der Waals surface area contributed by atoms with E-state index in [0.717, 1.165) is 29.0 Å². The molecule has 5 nitrogen and oxygen atoms in total. The Hall–Kier alpha value is -1.44. The summed E-state index contributed by atoms with van der Waals surface area (Å²) in [6, 6.07) is 2.05. The molecule has 1 amide bonds. The van der Waals surface area contributed by atoms with Crippen LogP contribution in [0.4, 0.5) is 0 Å². The molecule has 1 aliphatic rings. The standard InChI is InChI=1S/C14H16N2O3S2/c1-8(12-10-3-5-20-11(10)2-4-19-12)13(17)15-6-9-7-21-14(18)16-9/h3,5,7-8,12H,2,4,6H2,1H3,(H,15,17)(H,16,18). The van der Waals surface area contributed by atoms with E-state index in [1.165, 1.54) is 4.88 Å². The minimum atomic E-state index is -0.260. The molecule has 0 fully saturated rings. The molecule has 1 aliphatic heterocycles. The molecule has 2 aromatic rings. The van der Waals surface area contributed by atoms with E-state index in [1.807, 2.05) is 18.4 Å². The maximum Gasteiger partial charge on any atom is 0.304 e. The number of fused-ring (bicyclic) bond motifs is 1. The molecule has 7 heteroatoms. The summed E-state index contributed by atoms with van der Waals surface area (Å²) in [5.74, 6) is -0.324. The first kappa shape index (κ1) is 14.5. The molecule has 2 atom stereocenters. The highest BCUT2D eigenvalue weighted by molar-refractivity contribution is 7.10. The number of aromatic nitrogens is 1. The van der Waals surface area contributed by atoms with Gasteiger partial charge in [0.25, 0.3) is 0 Å². The fourth-order valence-electron chi connectivity index (χ4n) is 2.47. The molecule has 0 aliphatic carbocycles. The van der Waals surface area contributed by atoms with Crippen molar-refractivity contribution in [1.82, 2.24) is 10.3 Å². The molecular weight excluding hydrogens is 308 g/mol. The number of thiophene rings is 1. The number of H-pyrrole nitrogens is 1. The number of carbonyl (C=O) groups is 1. The lowest BCUT2D eigenvalue weighted by Crippen LogP contribution is -2.34. The van der Waals surface area contributed by atoms with Gasteiger partial charge in [-0.25, -0.2) is 0 Å². The van der Waals surface area contributed by atoms with Gasteiger partial charge in [0.1, 0.15) is 0 Å². The van der Waals surface area contributed by atoms with E-state index in [4.69, 9.17) is 4.74 Å². The van der Waals surface area contributed by atoms with Crippen molar-refractivity contribution in [3.05, 3.63) is 42.6 Å². The molecule has 0 saturated carbocycles. The molecule has 0 aromatic carbocycles. The first-order valence-electron chi connectivity index (χ1n) is 6.77. The van der Waals surface area contributed by atoms with Crippen molar-refractivity contribution < 1.29 is 9.53 Å². The third kappa shape index (κ3) is 3.09. The number of hydrogen-bond acceptors (Lipinski definition) is 5. The Morgan fingerprint density at radius 3 is 3.19 bits per heavy atom. The Labute approximate surface area is 130 Å². The van der Waals surface area contributed by atoms with Crippen molar-refractivity contribution in [2.45, 2.75) is 26.0 Å². The zero-order valence-corrected chi connectivity index (χ0v) is 13.2. The second kappa shape index (κ2) is 6.13. The fraction of sp³-hybridized carbons (Fsp3) is 0.429. The van der Waals surface area contributed by atoms with E-state index >= 15 is 0 Å². The molecular formula is C14H16N2O3S2. The lowest BCUT2D eigenvalue weighted by atomic mass is 9.94. The third-order valence-corrected chi connectivity index (χ3v) is 5.32. The molecule has 112 valence electrons. The predicted octanol–water partition coefficient (Wildman–Crippen LogP) is 2.06. The molecule has 3 heterocycles. The summed E-state index contributed by atoms with van der Waals surface area (Å²) in [6.45, 7) is 2.88. The van der Waals surface area contributed by atoms with Crippen LogP contribution in [0.25, 0.3) is 0 Å². The van der Waals surface area contributed by atoms with Crippen molar-refractivity contribution in [3.63, 3.8) is 0 Å². The van der Waals surface area contributed by atoms with Crippen LogP contribution in [-0.2, 0) is 22.5 Å². The Morgan fingerprint density at radius 1 is 1.57 bits per heavy atom. The average molecular weight is 324 g/mol. The number of hydrogen-bond donors (Lipinski definition) is 2. The van der Waals surface area contributed by atoms with Gasteiger partial charge in [0.2, 0.25) is 5.91 Å². The van der Waals surface area contributed by atoms with E-state index in [9.17, 15) is 9.59 Å². The largest absolute Gasteiger partial charge is 0.372 e. The van der Waals surface area contributed by atoms with Crippen LogP contribution in [0, 0.1) is 5.92 Å². The Balaban J connectivity index is 1.64. The lowest BCUT2D eigenvalue weighted by molar-refractivity contribution is -0.130. The summed E-state index contributed by atoms with van der Waals surface area (Å²) in [5.41, 5.74) is 1.86. The SMILES string of the molecule is CC(C(=O)NCc1csc(=O)[nH]1)C1OCCc2sccc21. The highest BCUT2D eigenvalue weighted by Crippen LogP contribution is 2.35. The summed E-state index contributed by atoms with van der Waals surface area (Å²) >= 11 is 2.82. The zero-order chi connectivity index (χ0) is 14.8. The third-order valence-electron chi connectivity index (χ3n) is 3.60. The van der Waals surface area contributed by atoms with Crippen LogP contribution in [0.2, 0.25) is 0 Å². The van der Waals surface area contributed by atoms with Crippen molar-refractivity contribution in [2.24, 2.45) is 5.92 Å². The van der Waals surface area contributed by atoms with Crippen LogP contribution in [0.5, 0.6) is 0 Å². The van der Waals surface area contributed by atoms with Gasteiger partial charge in [0.05, 0.1) is 25.2 Å². The number of amides is 1. The highest BCUT2D eigenvalue weighted by Gasteiger charge is 2.31. The van der Waals surface area contributed by atoms with Crippen molar-refractivity contribution >= 4 is 28.6 Å². The van der Waals surface area contributed by atoms with Crippen molar-refractivity contribution in [3.8, 4) is 0 Å². The number of carbonyl (C=O) groups excluding carboxylic acids is 1. The normalized spacial score (nSPS) is 19.0. The first-order chi connectivity index (χ1) is 10.1. The Bertz CT molecular complexity index is 688. The molecule has 0 saturated heterocycles. The summed E-state index contributed by atoms with van der Waals surface area (Å²) in [5, 5.41) is 6.63. The average Bonchev–Trinajstić information content (AvgIpc) is 3.12. The van der Waals surface area contributed by atoms with Crippen LogP contribution < -0.4 is 10.2 Å². The molecule has 2 unspecified atom stereocenters. The summed E-state index contributed by atoms with van der Waals surface area (Å²) in [7, 11) is 0. The van der Waals surface area contributed by atoms with Gasteiger partial charge in [-0.3, -0.25) is 9.59 Å². The monoisotopic (exact) mass is 324 g/mol. The van der Waals surface area contributed by atoms with Gasteiger partial charge in [-0.05, 0) is 17.0 Å². The van der Waals surface area contributed by atoms with Crippen LogP contribution in [0.15, 0.2) is 21.6 Å². The predicted molar refractivity (Wildman–Crippen MR) is 82.7 cm³/mol. The molecule has 2 N–H and O–H groups in total. The van der Waals surface area contributed by atoms with Crippen LogP contribution >= 0.6 is 22.7 Å². The fourth-order valence-corrected chi connectivity index (χ4v) is 3.95. The van der Waals surface area contributed by atoms with E-state index in [-0.39, 0.29) is 22.8 Å². The smallest absolute Gasteiger partial charge is 0.304 e. The summed E-state index contributed by atoms with van der Waals surface area (Å²) in [4.78, 5) is 27.2. The summed E-state index contributed by atoms with van der Waals surface area (Å²) < 4.78 is 5.79. The number of thiazole rings is 1. The maximum absolute atomic E-state index is 12.3. The number of aromatic amines is 1. The molecule has 0 spiro atoms. The van der Waals surface area contributed by atoms with Gasteiger partial charge in [0, 0.05) is 22.4 Å². The van der Waals surface area contributed by atoms with Gasteiger partial charge in [-0.1, -0.05) is 18.3 Å². The molecule has 21 heavy (non-hydrogen) atoms. The van der Waals surface area contributed by atoms with Gasteiger partial charge >= 0.3 is 4.87 Å². The van der Waals surface area contributed by atoms with Gasteiger partial charge in [0.15, 0.2) is 0 Å². The lowest BCUT2D eigenvalue weighted by Gasteiger charge is -2.27. The maximum atomic E-state index is 12.3. The zero-order valence-electron chi connectivity index (χ0n) is 11.5. The van der Waals surface area contributed by atoms with Crippen LogP contribution in [-0.4, -0.2) is 17.5 Å². The highest BCUT2D eigenvalue weighted by atomic mass is 32.1. The van der Waals surface area contributed by atoms with Crippen molar-refractivity contribution in [1.29, 1.82) is 0 Å². The molecule has 2 aromatic heterocycles. The molecule has 0 bridgehead atoms. The van der Waals surface area contributed by atoms with Crippen molar-refractivity contribution in [2.75, 3.05) is 6.61 Å². The van der Waals surface area contributed by atoms with E-state index in [1.54, 1.807) is 16.7 Å². The molecule has 0 radical (unpaired) electrons. The first-order valence-corrected chi connectivity index (χ1v) is 8.53. The quantitative estimate of drug-likeness (QED) is 0.904. The van der Waals surface area contributed by atoms with E-state index in [2.05, 4.69) is 10.3 Å². The van der Waals surface area contributed by atoms with Crippen LogP contribution in [0.1, 0.15) is 29.2 Å². The minimum absolute atomic E-state index is 0.0638. The minimum Gasteiger partial charge on any atom is -0.372 e.